The van der Waals surface area contributed by atoms with Gasteiger partial charge >= 0.3 is 0 Å². The maximum atomic E-state index is 12.8. The van der Waals surface area contributed by atoms with Crippen molar-refractivity contribution in [2.45, 2.75) is 13.8 Å². The van der Waals surface area contributed by atoms with E-state index in [0.29, 0.717) is 5.56 Å². The number of amides is 1. The quantitative estimate of drug-likeness (QED) is 0.847. The Morgan fingerprint density at radius 2 is 1.75 bits per heavy atom. The van der Waals surface area contributed by atoms with Gasteiger partial charge in [-0.1, -0.05) is 26.0 Å². The second kappa shape index (κ2) is 7.01. The lowest BCUT2D eigenvalue weighted by Gasteiger charge is -2.28. The SMILES string of the molecule is CCN(CC)CCN1c2ccccc2N(C)C(=O)c2cccnc21. The normalized spacial score (nSPS) is 13.8. The van der Waals surface area contributed by atoms with E-state index in [4.69, 9.17) is 0 Å². The predicted octanol–water partition coefficient (Wildman–Crippen LogP) is 3.15. The molecule has 1 aliphatic heterocycles. The molecule has 0 aliphatic carbocycles. The summed E-state index contributed by atoms with van der Waals surface area (Å²) in [5, 5.41) is 0. The Balaban J connectivity index is 2.07. The number of hydrogen-bond donors (Lipinski definition) is 0. The molecule has 0 N–H and O–H groups in total. The standard InChI is InChI=1S/C19H24N4O/c1-4-22(5-2)13-14-23-17-11-7-6-10-16(17)21(3)19(24)15-9-8-12-20-18(15)23/h6-12H,4-5,13-14H2,1-3H3. The van der Waals surface area contributed by atoms with Crippen molar-refractivity contribution >= 4 is 23.1 Å². The van der Waals surface area contributed by atoms with E-state index in [1.54, 1.807) is 11.1 Å². The highest BCUT2D eigenvalue weighted by Crippen LogP contribution is 2.38. The van der Waals surface area contributed by atoms with Crippen LogP contribution in [-0.2, 0) is 0 Å². The number of hydrogen-bond acceptors (Lipinski definition) is 4. The zero-order valence-corrected chi connectivity index (χ0v) is 14.6. The van der Waals surface area contributed by atoms with Gasteiger partial charge in [-0.2, -0.15) is 0 Å². The number of pyridine rings is 1. The third kappa shape index (κ3) is 2.87. The third-order valence-corrected chi connectivity index (χ3v) is 4.65. The Kier molecular flexibility index (Phi) is 4.81. The maximum Gasteiger partial charge on any atom is 0.261 e. The fourth-order valence-electron chi connectivity index (χ4n) is 3.17. The van der Waals surface area contributed by atoms with Gasteiger partial charge in [-0.05, 0) is 37.4 Å². The summed E-state index contributed by atoms with van der Waals surface area (Å²) in [5.74, 6) is 0.724. The van der Waals surface area contributed by atoms with Crippen molar-refractivity contribution in [1.29, 1.82) is 0 Å². The lowest BCUT2D eigenvalue weighted by atomic mass is 10.2. The Bertz CT molecular complexity index is 727. The minimum Gasteiger partial charge on any atom is -0.323 e. The minimum absolute atomic E-state index is 0.0177. The average molecular weight is 324 g/mol. The van der Waals surface area contributed by atoms with Gasteiger partial charge in [-0.25, -0.2) is 4.98 Å². The van der Waals surface area contributed by atoms with Crippen molar-refractivity contribution in [3.63, 3.8) is 0 Å². The number of fused-ring (bicyclic) bond motifs is 2. The molecule has 3 rings (SSSR count). The third-order valence-electron chi connectivity index (χ3n) is 4.65. The first kappa shape index (κ1) is 16.5. The summed E-state index contributed by atoms with van der Waals surface area (Å²) in [6.07, 6.45) is 1.75. The number of nitrogens with zero attached hydrogens (tertiary/aromatic N) is 4. The van der Waals surface area contributed by atoms with Crippen LogP contribution in [0.15, 0.2) is 42.6 Å². The summed E-state index contributed by atoms with van der Waals surface area (Å²) in [7, 11) is 1.83. The summed E-state index contributed by atoms with van der Waals surface area (Å²) in [6, 6.07) is 11.7. The highest BCUT2D eigenvalue weighted by Gasteiger charge is 2.29. The van der Waals surface area contributed by atoms with Crippen molar-refractivity contribution in [3.8, 4) is 0 Å². The summed E-state index contributed by atoms with van der Waals surface area (Å²) >= 11 is 0. The highest BCUT2D eigenvalue weighted by molar-refractivity contribution is 6.12. The summed E-state index contributed by atoms with van der Waals surface area (Å²) in [6.45, 7) is 8.09. The van der Waals surface area contributed by atoms with Gasteiger partial charge in [-0.15, -0.1) is 0 Å². The second-order valence-corrected chi connectivity index (χ2v) is 5.91. The van der Waals surface area contributed by atoms with E-state index in [9.17, 15) is 4.79 Å². The van der Waals surface area contributed by atoms with Gasteiger partial charge in [0.25, 0.3) is 5.91 Å². The van der Waals surface area contributed by atoms with Crippen LogP contribution in [-0.4, -0.2) is 49.0 Å². The number of para-hydroxylation sites is 2. The van der Waals surface area contributed by atoms with Crippen LogP contribution in [0.5, 0.6) is 0 Å². The Morgan fingerprint density at radius 3 is 2.46 bits per heavy atom. The van der Waals surface area contributed by atoms with Crippen LogP contribution in [0, 0.1) is 0 Å². The molecule has 126 valence electrons. The van der Waals surface area contributed by atoms with Crippen LogP contribution in [0.2, 0.25) is 0 Å². The summed E-state index contributed by atoms with van der Waals surface area (Å²) < 4.78 is 0. The van der Waals surface area contributed by atoms with Crippen LogP contribution < -0.4 is 9.80 Å². The molecule has 0 radical (unpaired) electrons. The molecule has 1 amide bonds. The fraction of sp³-hybridized carbons (Fsp3) is 0.368. The zero-order chi connectivity index (χ0) is 17.1. The molecule has 0 atom stereocenters. The van der Waals surface area contributed by atoms with E-state index in [0.717, 1.165) is 43.4 Å². The number of likely N-dealkylation sites (N-methyl/N-ethyl adjacent to an activating group) is 1. The molecular weight excluding hydrogens is 300 g/mol. The van der Waals surface area contributed by atoms with E-state index in [1.807, 2.05) is 37.4 Å². The van der Waals surface area contributed by atoms with Crippen molar-refractivity contribution in [1.82, 2.24) is 9.88 Å². The molecule has 5 nitrogen and oxygen atoms in total. The van der Waals surface area contributed by atoms with Gasteiger partial charge in [0, 0.05) is 26.3 Å². The van der Waals surface area contributed by atoms with Crippen LogP contribution >= 0.6 is 0 Å². The molecule has 0 unspecified atom stereocenters. The fourth-order valence-corrected chi connectivity index (χ4v) is 3.17. The smallest absolute Gasteiger partial charge is 0.261 e. The van der Waals surface area contributed by atoms with E-state index in [2.05, 4.69) is 34.7 Å². The molecule has 0 bridgehead atoms. The van der Waals surface area contributed by atoms with Gasteiger partial charge in [-0.3, -0.25) is 4.79 Å². The summed E-state index contributed by atoms with van der Waals surface area (Å²) in [5.41, 5.74) is 2.59. The highest BCUT2D eigenvalue weighted by atomic mass is 16.2. The second-order valence-electron chi connectivity index (χ2n) is 5.91. The van der Waals surface area contributed by atoms with Gasteiger partial charge < -0.3 is 14.7 Å². The number of anilines is 3. The largest absolute Gasteiger partial charge is 0.323 e. The Morgan fingerprint density at radius 1 is 1.04 bits per heavy atom. The van der Waals surface area contributed by atoms with E-state index in [1.165, 1.54) is 0 Å². The molecule has 24 heavy (non-hydrogen) atoms. The van der Waals surface area contributed by atoms with Crippen LogP contribution in [0.4, 0.5) is 17.2 Å². The molecule has 0 saturated carbocycles. The molecule has 2 aromatic rings. The number of aromatic nitrogens is 1. The monoisotopic (exact) mass is 324 g/mol. The lowest BCUT2D eigenvalue weighted by Crippen LogP contribution is -2.33. The van der Waals surface area contributed by atoms with Crippen LogP contribution in [0.3, 0.4) is 0 Å². The first-order valence-electron chi connectivity index (χ1n) is 8.49. The summed E-state index contributed by atoms with van der Waals surface area (Å²) in [4.78, 5) is 23.6. The van der Waals surface area contributed by atoms with Crippen LogP contribution in [0.25, 0.3) is 0 Å². The topological polar surface area (TPSA) is 39.7 Å². The minimum atomic E-state index is -0.0177. The molecule has 1 aliphatic rings. The molecule has 1 aromatic carbocycles. The predicted molar refractivity (Wildman–Crippen MR) is 98.2 cm³/mol. The first-order chi connectivity index (χ1) is 11.7. The van der Waals surface area contributed by atoms with E-state index < -0.39 is 0 Å². The van der Waals surface area contributed by atoms with Crippen molar-refractivity contribution < 1.29 is 4.79 Å². The molecule has 2 heterocycles. The maximum absolute atomic E-state index is 12.8. The van der Waals surface area contributed by atoms with E-state index in [-0.39, 0.29) is 5.91 Å². The van der Waals surface area contributed by atoms with Crippen molar-refractivity contribution in [2.24, 2.45) is 0 Å². The molecule has 0 spiro atoms. The number of carbonyl (C=O) groups is 1. The number of rotatable bonds is 5. The number of benzene rings is 1. The molecule has 0 saturated heterocycles. The Labute approximate surface area is 143 Å². The molecule has 1 aromatic heterocycles. The van der Waals surface area contributed by atoms with Gasteiger partial charge in [0.1, 0.15) is 5.82 Å². The Hall–Kier alpha value is -2.40. The van der Waals surface area contributed by atoms with Crippen molar-refractivity contribution in [3.05, 3.63) is 48.2 Å². The lowest BCUT2D eigenvalue weighted by molar-refractivity contribution is 0.0994. The van der Waals surface area contributed by atoms with Crippen LogP contribution in [0.1, 0.15) is 24.2 Å². The molecule has 5 heteroatoms. The van der Waals surface area contributed by atoms with Gasteiger partial charge in [0.2, 0.25) is 0 Å². The molecule has 0 fully saturated rings. The first-order valence-corrected chi connectivity index (χ1v) is 8.49. The number of carbonyl (C=O) groups excluding carboxylic acids is 1. The zero-order valence-electron chi connectivity index (χ0n) is 14.6. The van der Waals surface area contributed by atoms with Gasteiger partial charge in [0.05, 0.1) is 16.9 Å². The van der Waals surface area contributed by atoms with E-state index >= 15 is 0 Å². The molecular formula is C19H24N4O. The average Bonchev–Trinajstić information content (AvgIpc) is 2.72. The van der Waals surface area contributed by atoms with Crippen molar-refractivity contribution in [2.75, 3.05) is 43.0 Å². The van der Waals surface area contributed by atoms with Gasteiger partial charge in [0.15, 0.2) is 0 Å².